The first kappa shape index (κ1) is 11.5. The van der Waals surface area contributed by atoms with E-state index in [1.807, 2.05) is 0 Å². The fourth-order valence-electron chi connectivity index (χ4n) is 2.58. The first-order chi connectivity index (χ1) is 8.84. The Morgan fingerprint density at radius 2 is 1.61 bits per heavy atom. The molecule has 2 aromatic carbocycles. The van der Waals surface area contributed by atoms with Crippen molar-refractivity contribution in [1.82, 2.24) is 0 Å². The maximum absolute atomic E-state index is 2.26. The Kier molecular flexibility index (Phi) is 3.19. The maximum Gasteiger partial charge on any atom is 0.0124 e. The number of rotatable bonds is 4. The molecule has 0 amide bonds. The average molecular weight is 235 g/mol. The van der Waals surface area contributed by atoms with Crippen molar-refractivity contribution < 1.29 is 0 Å². The van der Waals surface area contributed by atoms with Crippen molar-refractivity contribution in [3.05, 3.63) is 77.2 Å². The minimum atomic E-state index is 0.826. The standard InChI is InChI=1S/C18H19/c1-14-7-5-6-10-17(14)13-18(16-11-12-16)15-8-3-2-4-9-15/h2-10,16H,11-13H2,1H3. The molecule has 1 aliphatic rings. The SMILES string of the molecule is Cc1ccccc1C[C](c1ccccc1)C1CC1. The Morgan fingerprint density at radius 3 is 2.28 bits per heavy atom. The molecule has 1 aliphatic carbocycles. The van der Waals surface area contributed by atoms with Crippen LogP contribution in [-0.2, 0) is 6.42 Å². The predicted molar refractivity (Wildman–Crippen MR) is 76.4 cm³/mol. The summed E-state index contributed by atoms with van der Waals surface area (Å²) in [6.45, 7) is 2.21. The monoisotopic (exact) mass is 235 g/mol. The highest BCUT2D eigenvalue weighted by atomic mass is 14.4. The molecule has 0 N–H and O–H groups in total. The zero-order chi connectivity index (χ0) is 12.4. The Morgan fingerprint density at radius 1 is 0.944 bits per heavy atom. The van der Waals surface area contributed by atoms with E-state index in [1.54, 1.807) is 5.92 Å². The van der Waals surface area contributed by atoms with Crippen molar-refractivity contribution >= 4 is 0 Å². The topological polar surface area (TPSA) is 0 Å². The lowest BCUT2D eigenvalue weighted by molar-refractivity contribution is 0.804. The van der Waals surface area contributed by atoms with Gasteiger partial charge in [0.2, 0.25) is 0 Å². The molecule has 3 rings (SSSR count). The van der Waals surface area contributed by atoms with Gasteiger partial charge in [-0.15, -0.1) is 0 Å². The molecule has 0 atom stereocenters. The molecule has 0 saturated heterocycles. The molecule has 0 unspecified atom stereocenters. The Bertz CT molecular complexity index is 509. The maximum atomic E-state index is 2.26. The van der Waals surface area contributed by atoms with Crippen LogP contribution in [-0.4, -0.2) is 0 Å². The van der Waals surface area contributed by atoms with Gasteiger partial charge in [-0.05, 0) is 48.8 Å². The largest absolute Gasteiger partial charge is 0.0622 e. The molecule has 0 heterocycles. The smallest absolute Gasteiger partial charge is 0.0124 e. The molecule has 1 saturated carbocycles. The zero-order valence-electron chi connectivity index (χ0n) is 10.9. The molecule has 0 heteroatoms. The van der Waals surface area contributed by atoms with Crippen molar-refractivity contribution in [2.75, 3.05) is 0 Å². The summed E-state index contributed by atoms with van der Waals surface area (Å²) in [6, 6.07) is 19.7. The van der Waals surface area contributed by atoms with Crippen LogP contribution in [0, 0.1) is 18.8 Å². The van der Waals surface area contributed by atoms with Crippen LogP contribution in [0.2, 0.25) is 0 Å². The summed E-state index contributed by atoms with van der Waals surface area (Å²) in [4.78, 5) is 0. The van der Waals surface area contributed by atoms with Crippen LogP contribution in [0.15, 0.2) is 54.6 Å². The highest BCUT2D eigenvalue weighted by Gasteiger charge is 2.32. The highest BCUT2D eigenvalue weighted by molar-refractivity contribution is 5.39. The molecule has 1 radical (unpaired) electrons. The molecule has 91 valence electrons. The minimum Gasteiger partial charge on any atom is -0.0622 e. The van der Waals surface area contributed by atoms with Crippen molar-refractivity contribution in [1.29, 1.82) is 0 Å². The molecular weight excluding hydrogens is 216 g/mol. The van der Waals surface area contributed by atoms with E-state index in [4.69, 9.17) is 0 Å². The predicted octanol–water partition coefficient (Wildman–Crippen LogP) is 4.57. The molecule has 0 nitrogen and oxygen atoms in total. The van der Waals surface area contributed by atoms with E-state index in [2.05, 4.69) is 61.5 Å². The van der Waals surface area contributed by atoms with E-state index < -0.39 is 0 Å². The van der Waals surface area contributed by atoms with Crippen LogP contribution in [0.3, 0.4) is 0 Å². The number of aryl methyl sites for hydroxylation is 1. The third-order valence-corrected chi connectivity index (χ3v) is 3.86. The third-order valence-electron chi connectivity index (χ3n) is 3.86. The summed E-state index contributed by atoms with van der Waals surface area (Å²) in [5.74, 6) is 2.46. The summed E-state index contributed by atoms with van der Waals surface area (Å²) < 4.78 is 0. The fraction of sp³-hybridized carbons (Fsp3) is 0.278. The lowest BCUT2D eigenvalue weighted by Gasteiger charge is -2.17. The average Bonchev–Trinajstić information content (AvgIpc) is 3.23. The van der Waals surface area contributed by atoms with E-state index in [1.165, 1.54) is 29.5 Å². The third kappa shape index (κ3) is 2.48. The van der Waals surface area contributed by atoms with Crippen LogP contribution in [0.4, 0.5) is 0 Å². The van der Waals surface area contributed by atoms with Crippen molar-refractivity contribution in [3.8, 4) is 0 Å². The molecule has 0 aliphatic heterocycles. The van der Waals surface area contributed by atoms with E-state index in [9.17, 15) is 0 Å². The Hall–Kier alpha value is -1.56. The molecule has 0 bridgehead atoms. The van der Waals surface area contributed by atoms with Gasteiger partial charge < -0.3 is 0 Å². The molecule has 0 spiro atoms. The minimum absolute atomic E-state index is 0.826. The van der Waals surface area contributed by atoms with Gasteiger partial charge in [-0.1, -0.05) is 54.6 Å². The Labute approximate surface area is 110 Å². The van der Waals surface area contributed by atoms with Crippen LogP contribution in [0.25, 0.3) is 0 Å². The lowest BCUT2D eigenvalue weighted by Crippen LogP contribution is -2.07. The molecule has 18 heavy (non-hydrogen) atoms. The van der Waals surface area contributed by atoms with Gasteiger partial charge in [-0.3, -0.25) is 0 Å². The van der Waals surface area contributed by atoms with Gasteiger partial charge in [0.25, 0.3) is 0 Å². The summed E-state index contributed by atoms with van der Waals surface area (Å²) in [5.41, 5.74) is 4.32. The van der Waals surface area contributed by atoms with E-state index in [0.717, 1.165) is 12.3 Å². The Balaban J connectivity index is 1.86. The summed E-state index contributed by atoms with van der Waals surface area (Å²) in [5, 5.41) is 0. The summed E-state index contributed by atoms with van der Waals surface area (Å²) in [7, 11) is 0. The molecule has 2 aromatic rings. The van der Waals surface area contributed by atoms with Crippen molar-refractivity contribution in [2.45, 2.75) is 26.2 Å². The van der Waals surface area contributed by atoms with Gasteiger partial charge in [0, 0.05) is 5.92 Å². The van der Waals surface area contributed by atoms with Crippen LogP contribution >= 0.6 is 0 Å². The summed E-state index contributed by atoms with van der Waals surface area (Å²) >= 11 is 0. The lowest BCUT2D eigenvalue weighted by atomic mass is 9.87. The molecular formula is C18H19. The quantitative estimate of drug-likeness (QED) is 0.728. The van der Waals surface area contributed by atoms with Crippen LogP contribution in [0.5, 0.6) is 0 Å². The van der Waals surface area contributed by atoms with Gasteiger partial charge in [-0.25, -0.2) is 0 Å². The van der Waals surface area contributed by atoms with Gasteiger partial charge in [0.15, 0.2) is 0 Å². The summed E-state index contributed by atoms with van der Waals surface area (Å²) in [6.07, 6.45) is 3.85. The second kappa shape index (κ2) is 4.97. The van der Waals surface area contributed by atoms with Gasteiger partial charge in [-0.2, -0.15) is 0 Å². The van der Waals surface area contributed by atoms with E-state index in [0.29, 0.717) is 0 Å². The first-order valence-electron chi connectivity index (χ1n) is 6.80. The normalized spacial score (nSPS) is 15.0. The number of hydrogen-bond donors (Lipinski definition) is 0. The van der Waals surface area contributed by atoms with Gasteiger partial charge in [0.05, 0.1) is 0 Å². The number of hydrogen-bond acceptors (Lipinski definition) is 0. The molecule has 1 fully saturated rings. The zero-order valence-corrected chi connectivity index (χ0v) is 10.9. The van der Waals surface area contributed by atoms with Gasteiger partial charge >= 0.3 is 0 Å². The first-order valence-corrected chi connectivity index (χ1v) is 6.80. The van der Waals surface area contributed by atoms with Crippen LogP contribution < -0.4 is 0 Å². The van der Waals surface area contributed by atoms with E-state index >= 15 is 0 Å². The second-order valence-electron chi connectivity index (χ2n) is 5.27. The van der Waals surface area contributed by atoms with E-state index in [-0.39, 0.29) is 0 Å². The second-order valence-corrected chi connectivity index (χ2v) is 5.27. The fourth-order valence-corrected chi connectivity index (χ4v) is 2.58. The number of benzene rings is 2. The van der Waals surface area contributed by atoms with Crippen molar-refractivity contribution in [2.24, 2.45) is 5.92 Å². The molecule has 0 aromatic heterocycles. The van der Waals surface area contributed by atoms with Gasteiger partial charge in [0.1, 0.15) is 0 Å². The van der Waals surface area contributed by atoms with Crippen molar-refractivity contribution in [3.63, 3.8) is 0 Å². The highest BCUT2D eigenvalue weighted by Crippen LogP contribution is 2.43. The van der Waals surface area contributed by atoms with Crippen LogP contribution in [0.1, 0.15) is 29.5 Å².